The summed E-state index contributed by atoms with van der Waals surface area (Å²) in [4.78, 5) is 0. The van der Waals surface area contributed by atoms with Crippen LogP contribution in [0.1, 0.15) is 17.2 Å². The van der Waals surface area contributed by atoms with Gasteiger partial charge in [-0.3, -0.25) is 0 Å². The summed E-state index contributed by atoms with van der Waals surface area (Å²) in [5.41, 5.74) is -0.00312. The van der Waals surface area contributed by atoms with Gasteiger partial charge in [0.05, 0.1) is 0 Å². The fraction of sp³-hybridized carbons (Fsp3) is 0.455. The number of hydrogen-bond acceptors (Lipinski definition) is 3. The quantitative estimate of drug-likeness (QED) is 0.806. The first kappa shape index (κ1) is 13.0. The number of aliphatic hydroxyl groups excluding tert-OH is 1. The van der Waals surface area contributed by atoms with E-state index in [1.165, 1.54) is 33.3 Å². The molecule has 0 spiro atoms. The van der Waals surface area contributed by atoms with E-state index in [1.807, 2.05) is 0 Å². The smallest absolute Gasteiger partial charge is 0.187 e. The van der Waals surface area contributed by atoms with E-state index in [2.05, 4.69) is 0 Å². The molecule has 0 aromatic heterocycles. The molecule has 1 rings (SSSR count). The highest BCUT2D eigenvalue weighted by Gasteiger charge is 2.25. The molecule has 0 aliphatic carbocycles. The predicted molar refractivity (Wildman–Crippen MR) is 53.9 cm³/mol. The number of methoxy groups -OCH3 is 2. The summed E-state index contributed by atoms with van der Waals surface area (Å²) in [5.74, 6) is -2.05. The molecular weight excluding hydrogens is 218 g/mol. The Morgan fingerprint density at radius 1 is 1.12 bits per heavy atom. The van der Waals surface area contributed by atoms with Crippen LogP contribution in [0.15, 0.2) is 12.1 Å². The first-order valence-electron chi connectivity index (χ1n) is 4.71. The van der Waals surface area contributed by atoms with Gasteiger partial charge >= 0.3 is 0 Å². The van der Waals surface area contributed by atoms with Crippen LogP contribution < -0.4 is 0 Å². The molecule has 1 aromatic carbocycles. The standard InChI is InChI=1S/C11H14F2O3/c1-6-4-5-7(9(13)8(6)12)10(14)11(15-2)16-3/h4-5,10-11,14H,1-3H3. The first-order valence-corrected chi connectivity index (χ1v) is 4.71. The van der Waals surface area contributed by atoms with Crippen LogP contribution in [0.25, 0.3) is 0 Å². The average molecular weight is 232 g/mol. The van der Waals surface area contributed by atoms with Gasteiger partial charge in [-0.05, 0) is 12.5 Å². The highest BCUT2D eigenvalue weighted by Crippen LogP contribution is 2.25. The lowest BCUT2D eigenvalue weighted by atomic mass is 10.1. The second-order valence-electron chi connectivity index (χ2n) is 3.38. The summed E-state index contributed by atoms with van der Waals surface area (Å²) < 4.78 is 36.3. The van der Waals surface area contributed by atoms with Crippen molar-refractivity contribution in [3.8, 4) is 0 Å². The number of aryl methyl sites for hydroxylation is 1. The molecule has 16 heavy (non-hydrogen) atoms. The van der Waals surface area contributed by atoms with Gasteiger partial charge < -0.3 is 14.6 Å². The number of aliphatic hydroxyl groups is 1. The van der Waals surface area contributed by atoms with Crippen LogP contribution in [-0.4, -0.2) is 25.6 Å². The minimum absolute atomic E-state index is 0.180. The Balaban J connectivity index is 3.09. The van der Waals surface area contributed by atoms with E-state index < -0.39 is 24.0 Å². The number of rotatable bonds is 4. The van der Waals surface area contributed by atoms with Crippen molar-refractivity contribution in [2.75, 3.05) is 14.2 Å². The average Bonchev–Trinajstić information content (AvgIpc) is 2.27. The molecular formula is C11H14F2O3. The second kappa shape index (κ2) is 5.34. The maximum atomic E-state index is 13.5. The molecule has 0 amide bonds. The number of ether oxygens (including phenoxy) is 2. The van der Waals surface area contributed by atoms with Gasteiger partial charge in [0.25, 0.3) is 0 Å². The van der Waals surface area contributed by atoms with Crippen molar-refractivity contribution >= 4 is 0 Å². The number of halogens is 2. The maximum Gasteiger partial charge on any atom is 0.187 e. The fourth-order valence-electron chi connectivity index (χ4n) is 1.39. The lowest BCUT2D eigenvalue weighted by Crippen LogP contribution is -2.24. The lowest BCUT2D eigenvalue weighted by molar-refractivity contribution is -0.167. The molecule has 1 aromatic rings. The normalized spacial score (nSPS) is 13.2. The van der Waals surface area contributed by atoms with Crippen LogP contribution in [0.3, 0.4) is 0 Å². The molecule has 0 bridgehead atoms. The molecule has 0 heterocycles. The summed E-state index contributed by atoms with van der Waals surface area (Å²) in [6.07, 6.45) is -2.40. The Bertz CT molecular complexity index is 364. The lowest BCUT2D eigenvalue weighted by Gasteiger charge is -2.21. The van der Waals surface area contributed by atoms with Crippen molar-refractivity contribution < 1.29 is 23.4 Å². The van der Waals surface area contributed by atoms with Crippen molar-refractivity contribution in [3.63, 3.8) is 0 Å². The monoisotopic (exact) mass is 232 g/mol. The molecule has 90 valence electrons. The first-order chi connectivity index (χ1) is 7.52. The largest absolute Gasteiger partial charge is 0.383 e. The van der Waals surface area contributed by atoms with Gasteiger partial charge in [0, 0.05) is 19.8 Å². The topological polar surface area (TPSA) is 38.7 Å². The second-order valence-corrected chi connectivity index (χ2v) is 3.38. The Morgan fingerprint density at radius 2 is 1.69 bits per heavy atom. The molecule has 3 nitrogen and oxygen atoms in total. The number of benzene rings is 1. The Morgan fingerprint density at radius 3 is 2.19 bits per heavy atom. The van der Waals surface area contributed by atoms with Gasteiger partial charge in [-0.2, -0.15) is 0 Å². The summed E-state index contributed by atoms with van der Waals surface area (Å²) in [6, 6.07) is 2.70. The van der Waals surface area contributed by atoms with Crippen molar-refractivity contribution in [2.24, 2.45) is 0 Å². The Hall–Kier alpha value is -1.04. The van der Waals surface area contributed by atoms with Crippen molar-refractivity contribution in [2.45, 2.75) is 19.3 Å². The van der Waals surface area contributed by atoms with Crippen LogP contribution in [0.5, 0.6) is 0 Å². The summed E-state index contributed by atoms with van der Waals surface area (Å²) in [6.45, 7) is 1.44. The molecule has 5 heteroatoms. The van der Waals surface area contributed by atoms with E-state index in [-0.39, 0.29) is 11.1 Å². The van der Waals surface area contributed by atoms with E-state index in [1.54, 1.807) is 0 Å². The minimum Gasteiger partial charge on any atom is -0.383 e. The third-order valence-corrected chi connectivity index (χ3v) is 2.35. The maximum absolute atomic E-state index is 13.5. The summed E-state index contributed by atoms with van der Waals surface area (Å²) >= 11 is 0. The van der Waals surface area contributed by atoms with Crippen LogP contribution >= 0.6 is 0 Å². The molecule has 0 saturated carbocycles. The molecule has 1 N–H and O–H groups in total. The van der Waals surface area contributed by atoms with Gasteiger partial charge in [0.2, 0.25) is 0 Å². The molecule has 1 atom stereocenters. The van der Waals surface area contributed by atoms with Gasteiger partial charge in [0.15, 0.2) is 17.9 Å². The molecule has 0 fully saturated rings. The highest BCUT2D eigenvalue weighted by atomic mass is 19.2. The van der Waals surface area contributed by atoms with Gasteiger partial charge in [0.1, 0.15) is 6.10 Å². The van der Waals surface area contributed by atoms with E-state index >= 15 is 0 Å². The third kappa shape index (κ3) is 2.37. The molecule has 0 aliphatic rings. The summed E-state index contributed by atoms with van der Waals surface area (Å²) in [7, 11) is 2.61. The highest BCUT2D eigenvalue weighted by molar-refractivity contribution is 5.27. The zero-order chi connectivity index (χ0) is 12.3. The van der Waals surface area contributed by atoms with Crippen molar-refractivity contribution in [1.82, 2.24) is 0 Å². The molecule has 0 radical (unpaired) electrons. The van der Waals surface area contributed by atoms with Gasteiger partial charge in [-0.25, -0.2) is 8.78 Å². The van der Waals surface area contributed by atoms with Gasteiger partial charge in [-0.15, -0.1) is 0 Å². The third-order valence-electron chi connectivity index (χ3n) is 2.35. The minimum atomic E-state index is -1.37. The molecule has 0 saturated heterocycles. The van der Waals surface area contributed by atoms with Crippen LogP contribution in [0.2, 0.25) is 0 Å². The van der Waals surface area contributed by atoms with Crippen molar-refractivity contribution in [3.05, 3.63) is 34.9 Å². The summed E-state index contributed by atoms with van der Waals surface area (Å²) in [5, 5.41) is 9.72. The number of hydrogen-bond donors (Lipinski definition) is 1. The van der Waals surface area contributed by atoms with Gasteiger partial charge in [-0.1, -0.05) is 12.1 Å². The van der Waals surface area contributed by atoms with E-state index in [4.69, 9.17) is 9.47 Å². The zero-order valence-electron chi connectivity index (χ0n) is 9.33. The van der Waals surface area contributed by atoms with Crippen LogP contribution in [0.4, 0.5) is 8.78 Å². The van der Waals surface area contributed by atoms with E-state index in [0.717, 1.165) is 0 Å². The van der Waals surface area contributed by atoms with Crippen molar-refractivity contribution in [1.29, 1.82) is 0 Å². The SMILES string of the molecule is COC(OC)C(O)c1ccc(C)c(F)c1F. The fourth-order valence-corrected chi connectivity index (χ4v) is 1.39. The zero-order valence-corrected chi connectivity index (χ0v) is 9.33. The Labute approximate surface area is 92.6 Å². The molecule has 0 aliphatic heterocycles. The Kier molecular flexibility index (Phi) is 4.35. The van der Waals surface area contributed by atoms with Crippen LogP contribution in [-0.2, 0) is 9.47 Å². The predicted octanol–water partition coefficient (Wildman–Crippen LogP) is 1.93. The molecule has 1 unspecified atom stereocenters. The van der Waals surface area contributed by atoms with E-state index in [0.29, 0.717) is 0 Å². The van der Waals surface area contributed by atoms with Crippen LogP contribution in [0, 0.1) is 18.6 Å². The van der Waals surface area contributed by atoms with E-state index in [9.17, 15) is 13.9 Å².